The summed E-state index contributed by atoms with van der Waals surface area (Å²) < 4.78 is 22.5. The van der Waals surface area contributed by atoms with Crippen LogP contribution >= 0.6 is 11.6 Å². The average Bonchev–Trinajstić information content (AvgIpc) is 2.57. The number of carboxylic acid groups (broad SMARTS) is 1. The van der Waals surface area contributed by atoms with Crippen LogP contribution in [0.4, 0.5) is 5.69 Å². The maximum absolute atomic E-state index is 11.2. The molecule has 1 aliphatic rings. The van der Waals surface area contributed by atoms with E-state index in [1.54, 1.807) is 0 Å². The van der Waals surface area contributed by atoms with Gasteiger partial charge in [0.15, 0.2) is 9.84 Å². The molecule has 1 atom stereocenters. The van der Waals surface area contributed by atoms with Crippen molar-refractivity contribution in [3.05, 3.63) is 40.3 Å². The fraction of sp³-hybridized carbons (Fsp3) is 0.182. The van der Waals surface area contributed by atoms with Gasteiger partial charge in [-0.25, -0.2) is 13.2 Å². The van der Waals surface area contributed by atoms with Crippen molar-refractivity contribution in [2.45, 2.75) is 6.04 Å². The zero-order chi connectivity index (χ0) is 13.3. The molecule has 0 saturated carbocycles. The normalized spacial score (nSPS) is 20.8. The van der Waals surface area contributed by atoms with Gasteiger partial charge in [0.05, 0.1) is 23.0 Å². The molecule has 5 nitrogen and oxygen atoms in total. The molecular formula is C11H10ClNO4S. The van der Waals surface area contributed by atoms with Gasteiger partial charge in [0.2, 0.25) is 0 Å². The Hall–Kier alpha value is -1.53. The molecular weight excluding hydrogens is 278 g/mol. The summed E-state index contributed by atoms with van der Waals surface area (Å²) in [6.07, 6.45) is 1.49. The van der Waals surface area contributed by atoms with Crippen molar-refractivity contribution in [2.24, 2.45) is 0 Å². The van der Waals surface area contributed by atoms with Gasteiger partial charge in [0.1, 0.15) is 0 Å². The number of anilines is 1. The maximum atomic E-state index is 11.2. The van der Waals surface area contributed by atoms with Crippen molar-refractivity contribution in [1.82, 2.24) is 0 Å². The number of aromatic carboxylic acids is 1. The van der Waals surface area contributed by atoms with Crippen molar-refractivity contribution in [1.29, 1.82) is 0 Å². The lowest BCUT2D eigenvalue weighted by Crippen LogP contribution is -2.22. The number of carboxylic acids is 1. The fourth-order valence-electron chi connectivity index (χ4n) is 1.69. The Bertz CT molecular complexity index is 624. The second-order valence-electron chi connectivity index (χ2n) is 3.90. The molecule has 0 spiro atoms. The molecule has 1 heterocycles. The predicted molar refractivity (Wildman–Crippen MR) is 68.7 cm³/mol. The second kappa shape index (κ2) is 4.62. The Labute approximate surface area is 109 Å². The number of nitrogens with one attached hydrogen (secondary N) is 1. The SMILES string of the molecule is O=C(O)c1ccc(Cl)cc1NC1C=CS(=O)(=O)C1. The minimum atomic E-state index is -3.18. The first-order chi connectivity index (χ1) is 8.37. The molecule has 1 aromatic rings. The Kier molecular flexibility index (Phi) is 3.32. The highest BCUT2D eigenvalue weighted by Gasteiger charge is 2.23. The molecule has 0 saturated heterocycles. The fourth-order valence-corrected chi connectivity index (χ4v) is 3.10. The van der Waals surface area contributed by atoms with Gasteiger partial charge >= 0.3 is 5.97 Å². The lowest BCUT2D eigenvalue weighted by molar-refractivity contribution is 0.0698. The molecule has 96 valence electrons. The summed E-state index contributed by atoms with van der Waals surface area (Å²) >= 11 is 5.79. The number of hydrogen-bond acceptors (Lipinski definition) is 4. The highest BCUT2D eigenvalue weighted by Crippen LogP contribution is 2.23. The van der Waals surface area contributed by atoms with E-state index in [9.17, 15) is 13.2 Å². The minimum absolute atomic E-state index is 0.0529. The molecule has 0 aromatic heterocycles. The van der Waals surface area contributed by atoms with Crippen LogP contribution in [0.25, 0.3) is 0 Å². The van der Waals surface area contributed by atoms with Gasteiger partial charge in [-0.1, -0.05) is 17.7 Å². The van der Waals surface area contributed by atoms with E-state index in [0.29, 0.717) is 10.7 Å². The zero-order valence-corrected chi connectivity index (χ0v) is 10.7. The van der Waals surface area contributed by atoms with Crippen molar-refractivity contribution < 1.29 is 18.3 Å². The molecule has 0 aliphatic carbocycles. The highest BCUT2D eigenvalue weighted by molar-refractivity contribution is 7.94. The van der Waals surface area contributed by atoms with E-state index in [0.717, 1.165) is 5.41 Å². The molecule has 2 N–H and O–H groups in total. The van der Waals surface area contributed by atoms with Gasteiger partial charge < -0.3 is 10.4 Å². The molecule has 0 fully saturated rings. The van der Waals surface area contributed by atoms with Gasteiger partial charge in [-0.15, -0.1) is 0 Å². The molecule has 0 bridgehead atoms. The number of benzene rings is 1. The van der Waals surface area contributed by atoms with Gasteiger partial charge in [0, 0.05) is 10.4 Å². The lowest BCUT2D eigenvalue weighted by atomic mass is 10.1. The van der Waals surface area contributed by atoms with E-state index >= 15 is 0 Å². The van der Waals surface area contributed by atoms with E-state index in [4.69, 9.17) is 16.7 Å². The third kappa shape index (κ3) is 2.83. The molecule has 18 heavy (non-hydrogen) atoms. The van der Waals surface area contributed by atoms with Crippen LogP contribution in [-0.2, 0) is 9.84 Å². The number of carbonyl (C=O) groups is 1. The Morgan fingerprint density at radius 2 is 2.17 bits per heavy atom. The minimum Gasteiger partial charge on any atom is -0.478 e. The number of sulfone groups is 1. The number of hydrogen-bond donors (Lipinski definition) is 2. The number of halogens is 1. The largest absolute Gasteiger partial charge is 0.478 e. The summed E-state index contributed by atoms with van der Waals surface area (Å²) in [5.41, 5.74) is 0.360. The molecule has 7 heteroatoms. The summed E-state index contributed by atoms with van der Waals surface area (Å²) in [6.45, 7) is 0. The van der Waals surface area contributed by atoms with Gasteiger partial charge in [0.25, 0.3) is 0 Å². The summed E-state index contributed by atoms with van der Waals surface area (Å²) in [4.78, 5) is 11.0. The van der Waals surface area contributed by atoms with Gasteiger partial charge in [-0.3, -0.25) is 0 Å². The summed E-state index contributed by atoms with van der Waals surface area (Å²) in [5.74, 6) is -1.18. The van der Waals surface area contributed by atoms with Crippen LogP contribution in [0.1, 0.15) is 10.4 Å². The van der Waals surface area contributed by atoms with Crippen LogP contribution in [0, 0.1) is 0 Å². The van der Waals surface area contributed by atoms with Gasteiger partial charge in [-0.2, -0.15) is 0 Å². The molecule has 1 unspecified atom stereocenters. The second-order valence-corrected chi connectivity index (χ2v) is 6.27. The smallest absolute Gasteiger partial charge is 0.337 e. The Balaban J connectivity index is 2.27. The van der Waals surface area contributed by atoms with E-state index in [-0.39, 0.29) is 11.3 Å². The first kappa shape index (κ1) is 12.9. The van der Waals surface area contributed by atoms with E-state index in [1.165, 1.54) is 24.3 Å². The standard InChI is InChI=1S/C11H10ClNO4S/c12-7-1-2-9(11(14)15)10(5-7)13-8-3-4-18(16,17)6-8/h1-5,8,13H,6H2,(H,14,15). The quantitative estimate of drug-likeness (QED) is 0.885. The maximum Gasteiger partial charge on any atom is 0.337 e. The summed E-state index contributed by atoms with van der Waals surface area (Å²) in [6, 6.07) is 3.87. The number of rotatable bonds is 3. The van der Waals surface area contributed by atoms with Crippen LogP contribution in [-0.4, -0.2) is 31.3 Å². The Morgan fingerprint density at radius 3 is 2.72 bits per heavy atom. The van der Waals surface area contributed by atoms with Crippen LogP contribution < -0.4 is 5.32 Å². The van der Waals surface area contributed by atoms with Crippen LogP contribution in [0.2, 0.25) is 5.02 Å². The molecule has 0 radical (unpaired) electrons. The molecule has 1 aromatic carbocycles. The van der Waals surface area contributed by atoms with E-state index in [2.05, 4.69) is 5.32 Å². The highest BCUT2D eigenvalue weighted by atomic mass is 35.5. The van der Waals surface area contributed by atoms with Crippen LogP contribution in [0.3, 0.4) is 0 Å². The van der Waals surface area contributed by atoms with Gasteiger partial charge in [-0.05, 0) is 18.2 Å². The first-order valence-corrected chi connectivity index (χ1v) is 7.17. The lowest BCUT2D eigenvalue weighted by Gasteiger charge is -2.14. The van der Waals surface area contributed by atoms with Crippen molar-refractivity contribution in [3.8, 4) is 0 Å². The van der Waals surface area contributed by atoms with Crippen molar-refractivity contribution in [2.75, 3.05) is 11.1 Å². The van der Waals surface area contributed by atoms with E-state index in [1.807, 2.05) is 0 Å². The molecule has 0 amide bonds. The molecule has 2 rings (SSSR count). The molecule has 1 aliphatic heterocycles. The first-order valence-electron chi connectivity index (χ1n) is 5.08. The van der Waals surface area contributed by atoms with Crippen molar-refractivity contribution >= 4 is 33.1 Å². The third-order valence-corrected chi connectivity index (χ3v) is 4.11. The Morgan fingerprint density at radius 1 is 1.44 bits per heavy atom. The zero-order valence-electron chi connectivity index (χ0n) is 9.13. The van der Waals surface area contributed by atoms with Crippen molar-refractivity contribution in [3.63, 3.8) is 0 Å². The monoisotopic (exact) mass is 287 g/mol. The van der Waals surface area contributed by atoms with Crippen LogP contribution in [0.5, 0.6) is 0 Å². The van der Waals surface area contributed by atoms with Crippen LogP contribution in [0.15, 0.2) is 29.7 Å². The average molecular weight is 288 g/mol. The third-order valence-electron chi connectivity index (χ3n) is 2.48. The summed E-state index contributed by atoms with van der Waals surface area (Å²) in [7, 11) is -3.18. The topological polar surface area (TPSA) is 83.5 Å². The van der Waals surface area contributed by atoms with E-state index < -0.39 is 21.8 Å². The summed E-state index contributed by atoms with van der Waals surface area (Å²) in [5, 5.41) is 13.4. The predicted octanol–water partition coefficient (Wildman–Crippen LogP) is 1.76.